The highest BCUT2D eigenvalue weighted by atomic mass is 32.2. The van der Waals surface area contributed by atoms with E-state index < -0.39 is 15.9 Å². The maximum absolute atomic E-state index is 12.9. The third kappa shape index (κ3) is 6.96. The van der Waals surface area contributed by atoms with Crippen LogP contribution in [0.5, 0.6) is 11.5 Å². The lowest BCUT2D eigenvalue weighted by Crippen LogP contribution is -2.19. The van der Waals surface area contributed by atoms with Crippen molar-refractivity contribution >= 4 is 27.8 Å². The van der Waals surface area contributed by atoms with Crippen molar-refractivity contribution in [1.29, 1.82) is 0 Å². The summed E-state index contributed by atoms with van der Waals surface area (Å²) >= 11 is 0. The number of benzene rings is 4. The van der Waals surface area contributed by atoms with Gasteiger partial charge in [0.25, 0.3) is 15.9 Å². The number of para-hydroxylation sites is 2. The predicted octanol–water partition coefficient (Wildman–Crippen LogP) is 4.84. The fraction of sp³-hybridized carbons (Fsp3) is 0.0714. The number of sulfonamides is 1. The van der Waals surface area contributed by atoms with Gasteiger partial charge in [-0.05, 0) is 53.6 Å². The minimum Gasteiger partial charge on any atom is -0.495 e. The Balaban J connectivity index is 1.39. The highest BCUT2D eigenvalue weighted by Crippen LogP contribution is 2.26. The van der Waals surface area contributed by atoms with Gasteiger partial charge >= 0.3 is 0 Å². The molecule has 0 aliphatic carbocycles. The van der Waals surface area contributed by atoms with Crippen LogP contribution in [0, 0.1) is 0 Å². The van der Waals surface area contributed by atoms with E-state index in [1.54, 1.807) is 30.3 Å². The van der Waals surface area contributed by atoms with E-state index in [1.807, 2.05) is 48.5 Å². The van der Waals surface area contributed by atoms with Gasteiger partial charge in [0.1, 0.15) is 18.1 Å². The molecule has 0 bridgehead atoms. The molecule has 0 unspecified atom stereocenters. The van der Waals surface area contributed by atoms with Crippen molar-refractivity contribution in [2.45, 2.75) is 11.5 Å². The van der Waals surface area contributed by atoms with Crippen LogP contribution >= 0.6 is 0 Å². The molecule has 0 aliphatic rings. The van der Waals surface area contributed by atoms with Gasteiger partial charge in [-0.3, -0.25) is 9.52 Å². The third-order valence-corrected chi connectivity index (χ3v) is 6.61. The fourth-order valence-electron chi connectivity index (χ4n) is 3.39. The first-order chi connectivity index (χ1) is 17.9. The number of ether oxygens (including phenoxy) is 2. The highest BCUT2D eigenvalue weighted by molar-refractivity contribution is 7.92. The van der Waals surface area contributed by atoms with E-state index in [0.717, 1.165) is 11.1 Å². The zero-order valence-corrected chi connectivity index (χ0v) is 20.8. The van der Waals surface area contributed by atoms with E-state index in [-0.39, 0.29) is 10.5 Å². The lowest BCUT2D eigenvalue weighted by Gasteiger charge is -2.12. The second kappa shape index (κ2) is 11.9. The molecular formula is C28H25N3O5S. The van der Waals surface area contributed by atoms with Crippen molar-refractivity contribution in [2.24, 2.45) is 5.10 Å². The minimum absolute atomic E-state index is 0.0710. The van der Waals surface area contributed by atoms with Crippen LogP contribution in [0.1, 0.15) is 21.5 Å². The average Bonchev–Trinajstić information content (AvgIpc) is 2.93. The molecule has 0 fully saturated rings. The van der Waals surface area contributed by atoms with Gasteiger partial charge in [0.2, 0.25) is 0 Å². The van der Waals surface area contributed by atoms with E-state index in [1.165, 1.54) is 37.6 Å². The van der Waals surface area contributed by atoms with E-state index in [9.17, 15) is 13.2 Å². The molecule has 0 atom stereocenters. The summed E-state index contributed by atoms with van der Waals surface area (Å²) in [7, 11) is -2.51. The van der Waals surface area contributed by atoms with Gasteiger partial charge in [0, 0.05) is 5.56 Å². The second-order valence-electron chi connectivity index (χ2n) is 7.88. The van der Waals surface area contributed by atoms with Crippen molar-refractivity contribution in [1.82, 2.24) is 5.43 Å². The van der Waals surface area contributed by atoms with Crippen molar-refractivity contribution in [3.8, 4) is 11.5 Å². The summed E-state index contributed by atoms with van der Waals surface area (Å²) in [6, 6.07) is 29.4. The monoisotopic (exact) mass is 515 g/mol. The van der Waals surface area contributed by atoms with E-state index in [4.69, 9.17) is 9.47 Å². The van der Waals surface area contributed by atoms with Crippen molar-refractivity contribution < 1.29 is 22.7 Å². The maximum Gasteiger partial charge on any atom is 0.271 e. The normalized spacial score (nSPS) is 11.2. The van der Waals surface area contributed by atoms with Crippen LogP contribution in [0.3, 0.4) is 0 Å². The van der Waals surface area contributed by atoms with Crippen molar-refractivity contribution in [3.63, 3.8) is 0 Å². The summed E-state index contributed by atoms with van der Waals surface area (Å²) in [6.07, 6.45) is 1.48. The Hall–Kier alpha value is -4.63. The number of carbonyl (C=O) groups is 1. The van der Waals surface area contributed by atoms with Gasteiger partial charge in [-0.2, -0.15) is 5.10 Å². The SMILES string of the molecule is COc1ccccc1NS(=O)(=O)c1cccc(C(=O)N/N=C/c2cccc(OCc3ccccc3)c2)c1. The summed E-state index contributed by atoms with van der Waals surface area (Å²) in [6.45, 7) is 0.434. The van der Waals surface area contributed by atoms with Crippen LogP contribution in [-0.2, 0) is 16.6 Å². The first-order valence-electron chi connectivity index (χ1n) is 11.3. The zero-order valence-electron chi connectivity index (χ0n) is 20.0. The molecule has 8 nitrogen and oxygen atoms in total. The Labute approximate surface area is 215 Å². The molecule has 0 saturated heterocycles. The average molecular weight is 516 g/mol. The van der Waals surface area contributed by atoms with Gasteiger partial charge in [0.15, 0.2) is 0 Å². The van der Waals surface area contributed by atoms with Crippen LogP contribution in [0.15, 0.2) is 113 Å². The molecular weight excluding hydrogens is 490 g/mol. The summed E-state index contributed by atoms with van der Waals surface area (Å²) in [4.78, 5) is 12.5. The standard InChI is InChI=1S/C28H25N3O5S/c1-35-27-16-6-5-15-26(27)31-37(33,34)25-14-8-12-23(18-25)28(32)30-29-19-22-11-7-13-24(17-22)36-20-21-9-3-2-4-10-21/h2-19,31H,20H2,1H3,(H,30,32)/b29-19+. The van der Waals surface area contributed by atoms with Crippen LogP contribution in [0.25, 0.3) is 0 Å². The molecule has 37 heavy (non-hydrogen) atoms. The summed E-state index contributed by atoms with van der Waals surface area (Å²) < 4.78 is 39.3. The Morgan fingerprint density at radius 3 is 2.46 bits per heavy atom. The molecule has 0 radical (unpaired) electrons. The number of methoxy groups -OCH3 is 1. The van der Waals surface area contributed by atoms with Gasteiger partial charge < -0.3 is 9.47 Å². The van der Waals surface area contributed by atoms with Crippen molar-refractivity contribution in [3.05, 3.63) is 120 Å². The first kappa shape index (κ1) is 25.5. The number of nitrogens with one attached hydrogen (secondary N) is 2. The van der Waals surface area contributed by atoms with Gasteiger partial charge in [-0.15, -0.1) is 0 Å². The Morgan fingerprint density at radius 2 is 1.65 bits per heavy atom. The van der Waals surface area contributed by atoms with Crippen molar-refractivity contribution in [2.75, 3.05) is 11.8 Å². The number of rotatable bonds is 10. The van der Waals surface area contributed by atoms with E-state index >= 15 is 0 Å². The van der Waals surface area contributed by atoms with Crippen LogP contribution < -0.4 is 19.6 Å². The molecule has 9 heteroatoms. The topological polar surface area (TPSA) is 106 Å². The van der Waals surface area contributed by atoms with Gasteiger partial charge in [-0.25, -0.2) is 13.8 Å². The Bertz CT molecular complexity index is 1510. The first-order valence-corrected chi connectivity index (χ1v) is 12.8. The number of carbonyl (C=O) groups excluding carboxylic acids is 1. The lowest BCUT2D eigenvalue weighted by atomic mass is 10.2. The number of amides is 1. The molecule has 4 rings (SSSR count). The Morgan fingerprint density at radius 1 is 0.892 bits per heavy atom. The number of hydrazone groups is 1. The van der Waals surface area contributed by atoms with Crippen LogP contribution in [0.2, 0.25) is 0 Å². The van der Waals surface area contributed by atoms with E-state index in [2.05, 4.69) is 15.2 Å². The summed E-state index contributed by atoms with van der Waals surface area (Å²) in [5, 5.41) is 4.00. The van der Waals surface area contributed by atoms with E-state index in [0.29, 0.717) is 23.8 Å². The maximum atomic E-state index is 12.9. The predicted molar refractivity (Wildman–Crippen MR) is 143 cm³/mol. The number of hydrogen-bond acceptors (Lipinski definition) is 6. The molecule has 0 aliphatic heterocycles. The van der Waals surface area contributed by atoms with Crippen LogP contribution in [-0.4, -0.2) is 27.6 Å². The molecule has 188 valence electrons. The second-order valence-corrected chi connectivity index (χ2v) is 9.56. The molecule has 0 aromatic heterocycles. The molecule has 0 heterocycles. The Kier molecular flexibility index (Phi) is 8.17. The molecule has 0 saturated carbocycles. The lowest BCUT2D eigenvalue weighted by molar-refractivity contribution is 0.0955. The molecule has 0 spiro atoms. The number of nitrogens with zero attached hydrogens (tertiary/aromatic N) is 1. The number of anilines is 1. The third-order valence-electron chi connectivity index (χ3n) is 5.24. The van der Waals surface area contributed by atoms with Crippen LogP contribution in [0.4, 0.5) is 5.69 Å². The minimum atomic E-state index is -3.96. The quantitative estimate of drug-likeness (QED) is 0.232. The largest absolute Gasteiger partial charge is 0.495 e. The molecule has 4 aromatic carbocycles. The summed E-state index contributed by atoms with van der Waals surface area (Å²) in [5.41, 5.74) is 4.63. The number of hydrogen-bond donors (Lipinski definition) is 2. The molecule has 1 amide bonds. The zero-order chi connectivity index (χ0) is 26.1. The fourth-order valence-corrected chi connectivity index (χ4v) is 4.51. The van der Waals surface area contributed by atoms with Gasteiger partial charge in [-0.1, -0.05) is 60.7 Å². The molecule has 2 N–H and O–H groups in total. The summed E-state index contributed by atoms with van der Waals surface area (Å²) in [5.74, 6) is 0.491. The smallest absolute Gasteiger partial charge is 0.271 e. The van der Waals surface area contributed by atoms with Gasteiger partial charge in [0.05, 0.1) is 23.9 Å². The molecule has 4 aromatic rings. The highest BCUT2D eigenvalue weighted by Gasteiger charge is 2.18.